The Labute approximate surface area is 105 Å². The minimum Gasteiger partial charge on any atom is -0.497 e. The van der Waals surface area contributed by atoms with Gasteiger partial charge in [-0.1, -0.05) is 0 Å². The number of carbonyl (C=O) groups is 1. The lowest BCUT2D eigenvalue weighted by molar-refractivity contribution is 0.0998. The van der Waals surface area contributed by atoms with Gasteiger partial charge >= 0.3 is 0 Å². The number of aromatic nitrogens is 1. The first-order chi connectivity index (χ1) is 8.60. The van der Waals surface area contributed by atoms with Gasteiger partial charge in [-0.05, 0) is 19.1 Å². The third kappa shape index (κ3) is 1.74. The van der Waals surface area contributed by atoms with Crippen LogP contribution in [-0.4, -0.2) is 17.5 Å². The Hall–Kier alpha value is -2.28. The molecule has 4 nitrogen and oxygen atoms in total. The van der Waals surface area contributed by atoms with Gasteiger partial charge in [-0.3, -0.25) is 4.79 Å². The number of aryl methyl sites for hydroxylation is 1. The van der Waals surface area contributed by atoms with Gasteiger partial charge in [-0.25, -0.2) is 0 Å². The van der Waals surface area contributed by atoms with E-state index in [1.807, 2.05) is 42.8 Å². The first-order valence-corrected chi connectivity index (χ1v) is 5.63. The lowest BCUT2D eigenvalue weighted by Gasteiger charge is -2.01. The number of hydrogen-bond acceptors (Lipinski definition) is 3. The topological polar surface area (TPSA) is 55.0 Å². The van der Waals surface area contributed by atoms with Crippen molar-refractivity contribution in [2.75, 3.05) is 7.11 Å². The minimum absolute atomic E-state index is 0.0913. The lowest BCUT2D eigenvalue weighted by Crippen LogP contribution is -2.00. The summed E-state index contributed by atoms with van der Waals surface area (Å²) < 4.78 is 7.13. The van der Waals surface area contributed by atoms with Crippen LogP contribution in [0.1, 0.15) is 22.5 Å². The van der Waals surface area contributed by atoms with E-state index >= 15 is 0 Å². The number of nitriles is 1. The Bertz CT molecular complexity index is 662. The predicted molar refractivity (Wildman–Crippen MR) is 68.8 cm³/mol. The van der Waals surface area contributed by atoms with Gasteiger partial charge in [-0.2, -0.15) is 5.26 Å². The van der Waals surface area contributed by atoms with E-state index in [9.17, 15) is 4.79 Å². The zero-order chi connectivity index (χ0) is 13.3. The van der Waals surface area contributed by atoms with Crippen LogP contribution in [0.5, 0.6) is 5.75 Å². The van der Waals surface area contributed by atoms with Gasteiger partial charge in [0.2, 0.25) is 0 Å². The standard InChI is InChI=1S/C14H14N2O2/c1-9-14(13(17)6-7-15)11-5-4-10(18-3)8-12(11)16(9)2/h4-5,8H,6H2,1-3H3. The monoisotopic (exact) mass is 242 g/mol. The zero-order valence-electron chi connectivity index (χ0n) is 10.7. The zero-order valence-corrected chi connectivity index (χ0v) is 10.7. The highest BCUT2D eigenvalue weighted by Gasteiger charge is 2.18. The molecule has 1 aromatic carbocycles. The van der Waals surface area contributed by atoms with E-state index in [1.54, 1.807) is 7.11 Å². The molecule has 0 saturated heterocycles. The Morgan fingerprint density at radius 3 is 2.83 bits per heavy atom. The molecule has 0 atom stereocenters. The van der Waals surface area contributed by atoms with Crippen LogP contribution >= 0.6 is 0 Å². The number of rotatable bonds is 3. The van der Waals surface area contributed by atoms with Crippen molar-refractivity contribution in [1.82, 2.24) is 4.57 Å². The molecular formula is C14H14N2O2. The number of nitrogens with zero attached hydrogens (tertiary/aromatic N) is 2. The second-order valence-corrected chi connectivity index (χ2v) is 4.16. The molecule has 2 aromatic rings. The third-order valence-electron chi connectivity index (χ3n) is 3.22. The Kier molecular flexibility index (Phi) is 3.07. The molecule has 1 heterocycles. The summed E-state index contributed by atoms with van der Waals surface area (Å²) in [6.45, 7) is 1.89. The van der Waals surface area contributed by atoms with Crippen molar-refractivity contribution >= 4 is 16.7 Å². The number of Topliss-reactive ketones (excluding diaryl/α,β-unsaturated/α-hetero) is 1. The van der Waals surface area contributed by atoms with Crippen LogP contribution in [0.2, 0.25) is 0 Å². The van der Waals surface area contributed by atoms with Crippen molar-refractivity contribution < 1.29 is 9.53 Å². The van der Waals surface area contributed by atoms with Crippen LogP contribution in [0.15, 0.2) is 18.2 Å². The SMILES string of the molecule is COc1ccc2c(C(=O)CC#N)c(C)n(C)c2c1. The molecule has 4 heteroatoms. The normalized spacial score (nSPS) is 10.3. The average molecular weight is 242 g/mol. The maximum absolute atomic E-state index is 12.0. The van der Waals surface area contributed by atoms with Crippen molar-refractivity contribution in [1.29, 1.82) is 5.26 Å². The Morgan fingerprint density at radius 2 is 2.22 bits per heavy atom. The molecule has 0 amide bonds. The van der Waals surface area contributed by atoms with Gasteiger partial charge in [-0.15, -0.1) is 0 Å². The van der Waals surface area contributed by atoms with E-state index in [0.717, 1.165) is 22.3 Å². The third-order valence-corrected chi connectivity index (χ3v) is 3.22. The fraction of sp³-hybridized carbons (Fsp3) is 0.286. The Balaban J connectivity index is 2.72. The molecule has 0 saturated carbocycles. The van der Waals surface area contributed by atoms with Gasteiger partial charge in [0.1, 0.15) is 5.75 Å². The quantitative estimate of drug-likeness (QED) is 0.777. The van der Waals surface area contributed by atoms with E-state index in [1.165, 1.54) is 0 Å². The Morgan fingerprint density at radius 1 is 1.50 bits per heavy atom. The molecule has 0 aliphatic rings. The van der Waals surface area contributed by atoms with Crippen molar-refractivity contribution in [3.63, 3.8) is 0 Å². The van der Waals surface area contributed by atoms with Gasteiger partial charge < -0.3 is 9.30 Å². The highest BCUT2D eigenvalue weighted by Crippen LogP contribution is 2.29. The van der Waals surface area contributed by atoms with Crippen LogP contribution in [0.3, 0.4) is 0 Å². The summed E-state index contributed by atoms with van der Waals surface area (Å²) in [6, 6.07) is 7.49. The number of benzene rings is 1. The maximum atomic E-state index is 12.0. The van der Waals surface area contributed by atoms with Crippen LogP contribution in [0.25, 0.3) is 10.9 Å². The molecule has 0 radical (unpaired) electrons. The van der Waals surface area contributed by atoms with Crippen molar-refractivity contribution in [3.05, 3.63) is 29.5 Å². The smallest absolute Gasteiger partial charge is 0.179 e. The lowest BCUT2D eigenvalue weighted by atomic mass is 10.0. The molecule has 0 N–H and O–H groups in total. The number of hydrogen-bond donors (Lipinski definition) is 0. The molecule has 18 heavy (non-hydrogen) atoms. The first-order valence-electron chi connectivity index (χ1n) is 5.63. The largest absolute Gasteiger partial charge is 0.497 e. The highest BCUT2D eigenvalue weighted by molar-refractivity contribution is 6.10. The van der Waals surface area contributed by atoms with Crippen molar-refractivity contribution in [2.24, 2.45) is 7.05 Å². The average Bonchev–Trinajstić information content (AvgIpc) is 2.62. The van der Waals surface area contributed by atoms with Crippen molar-refractivity contribution in [2.45, 2.75) is 13.3 Å². The summed E-state index contributed by atoms with van der Waals surface area (Å²) >= 11 is 0. The van der Waals surface area contributed by atoms with Gasteiger partial charge in [0.05, 0.1) is 25.1 Å². The molecule has 0 spiro atoms. The summed E-state index contributed by atoms with van der Waals surface area (Å²) in [5.41, 5.74) is 2.45. The summed E-state index contributed by atoms with van der Waals surface area (Å²) in [7, 11) is 3.51. The van der Waals surface area contributed by atoms with Crippen LogP contribution < -0.4 is 4.74 Å². The van der Waals surface area contributed by atoms with Crippen LogP contribution in [0, 0.1) is 18.3 Å². The number of ketones is 1. The molecule has 0 fully saturated rings. The van der Waals surface area contributed by atoms with E-state index in [2.05, 4.69) is 0 Å². The molecule has 0 bridgehead atoms. The number of ether oxygens (including phenoxy) is 1. The highest BCUT2D eigenvalue weighted by atomic mass is 16.5. The summed E-state index contributed by atoms with van der Waals surface area (Å²) in [5.74, 6) is 0.619. The number of methoxy groups -OCH3 is 1. The molecule has 0 aliphatic carbocycles. The van der Waals surface area contributed by atoms with E-state index < -0.39 is 0 Å². The maximum Gasteiger partial charge on any atom is 0.179 e. The second kappa shape index (κ2) is 4.53. The molecule has 92 valence electrons. The van der Waals surface area contributed by atoms with Crippen LogP contribution in [-0.2, 0) is 7.05 Å². The summed E-state index contributed by atoms with van der Waals surface area (Å²) in [4.78, 5) is 12.0. The number of carbonyl (C=O) groups excluding carboxylic acids is 1. The van der Waals surface area contributed by atoms with Crippen LogP contribution in [0.4, 0.5) is 0 Å². The molecular weight excluding hydrogens is 228 g/mol. The minimum atomic E-state index is -0.134. The summed E-state index contributed by atoms with van der Waals surface area (Å²) in [5, 5.41) is 9.52. The van der Waals surface area contributed by atoms with Gasteiger partial charge in [0.25, 0.3) is 0 Å². The molecule has 0 aliphatic heterocycles. The van der Waals surface area contributed by atoms with Crippen molar-refractivity contribution in [3.8, 4) is 11.8 Å². The van der Waals surface area contributed by atoms with E-state index in [0.29, 0.717) is 5.56 Å². The molecule has 0 unspecified atom stereocenters. The summed E-state index contributed by atoms with van der Waals surface area (Å²) in [6.07, 6.45) is -0.0913. The fourth-order valence-corrected chi connectivity index (χ4v) is 2.18. The van der Waals surface area contributed by atoms with Gasteiger partial charge in [0, 0.05) is 29.8 Å². The fourth-order valence-electron chi connectivity index (χ4n) is 2.18. The molecule has 2 rings (SSSR count). The first kappa shape index (κ1) is 12.2. The van der Waals surface area contributed by atoms with E-state index in [-0.39, 0.29) is 12.2 Å². The van der Waals surface area contributed by atoms with E-state index in [4.69, 9.17) is 10.00 Å². The predicted octanol–water partition coefficient (Wildman–Crippen LogP) is 2.59. The second-order valence-electron chi connectivity index (χ2n) is 4.16. The molecule has 1 aromatic heterocycles. The van der Waals surface area contributed by atoms with Gasteiger partial charge in [0.15, 0.2) is 5.78 Å². The number of fused-ring (bicyclic) bond motifs is 1.